The van der Waals surface area contributed by atoms with Gasteiger partial charge in [-0.05, 0) is 32.5 Å². The Hall–Kier alpha value is -1.02. The maximum absolute atomic E-state index is 10.0. The molecule has 0 radical (unpaired) electrons. The first-order valence-electron chi connectivity index (χ1n) is 6.15. The Balaban J connectivity index is 2.36. The smallest absolute Gasteiger partial charge is 0.119 e. The van der Waals surface area contributed by atoms with E-state index < -0.39 is 0 Å². The van der Waals surface area contributed by atoms with E-state index in [4.69, 9.17) is 0 Å². The monoisotopic (exact) mass is 219 g/mol. The van der Waals surface area contributed by atoms with Gasteiger partial charge in [0.1, 0.15) is 5.75 Å². The molecule has 1 aliphatic rings. The Morgan fingerprint density at radius 2 is 2.12 bits per heavy atom. The van der Waals surface area contributed by atoms with Crippen molar-refractivity contribution in [2.45, 2.75) is 31.6 Å². The molecule has 2 heteroatoms. The SMILES string of the molecule is CCCC1(c2ccccc2O)CCN(C)C1. The molecule has 0 aliphatic carbocycles. The fourth-order valence-electron chi connectivity index (χ4n) is 3.04. The highest BCUT2D eigenvalue weighted by molar-refractivity contribution is 5.39. The van der Waals surface area contributed by atoms with Crippen molar-refractivity contribution in [3.63, 3.8) is 0 Å². The largest absolute Gasteiger partial charge is 0.508 e. The molecule has 1 aliphatic heterocycles. The fourth-order valence-corrected chi connectivity index (χ4v) is 3.04. The van der Waals surface area contributed by atoms with Crippen molar-refractivity contribution >= 4 is 0 Å². The van der Waals surface area contributed by atoms with Crippen molar-refractivity contribution in [2.24, 2.45) is 0 Å². The highest BCUT2D eigenvalue weighted by atomic mass is 16.3. The standard InChI is InChI=1S/C14H21NO/c1-3-8-14(9-10-15(2)11-14)12-6-4-5-7-13(12)16/h4-7,16H,3,8-11H2,1-2H3. The van der Waals surface area contributed by atoms with Crippen molar-refractivity contribution < 1.29 is 5.11 Å². The number of para-hydroxylation sites is 1. The minimum atomic E-state index is 0.175. The molecule has 1 N–H and O–H groups in total. The molecule has 1 heterocycles. The molecule has 0 amide bonds. The molecule has 1 aromatic rings. The molecule has 88 valence electrons. The van der Waals surface area contributed by atoms with Crippen LogP contribution < -0.4 is 0 Å². The van der Waals surface area contributed by atoms with Crippen LogP contribution in [0.4, 0.5) is 0 Å². The van der Waals surface area contributed by atoms with E-state index in [1.807, 2.05) is 18.2 Å². The molecule has 16 heavy (non-hydrogen) atoms. The molecule has 1 saturated heterocycles. The quantitative estimate of drug-likeness (QED) is 0.845. The van der Waals surface area contributed by atoms with Gasteiger partial charge in [0.15, 0.2) is 0 Å². The number of aromatic hydroxyl groups is 1. The van der Waals surface area contributed by atoms with Gasteiger partial charge in [-0.1, -0.05) is 31.5 Å². The van der Waals surface area contributed by atoms with Gasteiger partial charge in [0.2, 0.25) is 0 Å². The highest BCUT2D eigenvalue weighted by Gasteiger charge is 2.38. The summed E-state index contributed by atoms with van der Waals surface area (Å²) in [5, 5.41) is 10.0. The van der Waals surface area contributed by atoms with Crippen LogP contribution in [0.25, 0.3) is 0 Å². The Labute approximate surface area is 97.9 Å². The van der Waals surface area contributed by atoms with Crippen LogP contribution in [0.15, 0.2) is 24.3 Å². The van der Waals surface area contributed by atoms with E-state index in [-0.39, 0.29) is 5.41 Å². The summed E-state index contributed by atoms with van der Waals surface area (Å²) in [4.78, 5) is 2.36. The summed E-state index contributed by atoms with van der Waals surface area (Å²) < 4.78 is 0. The van der Waals surface area contributed by atoms with Crippen molar-refractivity contribution in [3.05, 3.63) is 29.8 Å². The summed E-state index contributed by atoms with van der Waals surface area (Å²) in [7, 11) is 2.16. The van der Waals surface area contributed by atoms with Crippen LogP contribution in [-0.4, -0.2) is 30.1 Å². The summed E-state index contributed by atoms with van der Waals surface area (Å²) >= 11 is 0. The van der Waals surface area contributed by atoms with E-state index in [1.165, 1.54) is 6.42 Å². The van der Waals surface area contributed by atoms with Gasteiger partial charge >= 0.3 is 0 Å². The Kier molecular flexibility index (Phi) is 3.20. The summed E-state index contributed by atoms with van der Waals surface area (Å²) in [6.45, 7) is 4.42. The molecule has 0 spiro atoms. The van der Waals surface area contributed by atoms with Gasteiger partial charge in [-0.2, -0.15) is 0 Å². The Bertz CT molecular complexity index is 360. The number of benzene rings is 1. The number of rotatable bonds is 3. The molecule has 1 aromatic carbocycles. The average Bonchev–Trinajstić information content (AvgIpc) is 2.62. The van der Waals surface area contributed by atoms with E-state index >= 15 is 0 Å². The van der Waals surface area contributed by atoms with Gasteiger partial charge < -0.3 is 10.0 Å². The van der Waals surface area contributed by atoms with Gasteiger partial charge in [-0.15, -0.1) is 0 Å². The normalized spacial score (nSPS) is 26.1. The molecule has 0 aromatic heterocycles. The van der Waals surface area contributed by atoms with Crippen molar-refractivity contribution in [2.75, 3.05) is 20.1 Å². The molecule has 2 nitrogen and oxygen atoms in total. The zero-order valence-corrected chi connectivity index (χ0v) is 10.2. The zero-order valence-electron chi connectivity index (χ0n) is 10.2. The first kappa shape index (κ1) is 11.5. The number of likely N-dealkylation sites (tertiary alicyclic amines) is 1. The lowest BCUT2D eigenvalue weighted by Gasteiger charge is -2.30. The first-order chi connectivity index (χ1) is 7.68. The van der Waals surface area contributed by atoms with E-state index in [0.29, 0.717) is 5.75 Å². The third-order valence-electron chi connectivity index (χ3n) is 3.75. The van der Waals surface area contributed by atoms with Crippen LogP contribution in [0.1, 0.15) is 31.7 Å². The van der Waals surface area contributed by atoms with E-state index in [2.05, 4.69) is 24.9 Å². The summed E-state index contributed by atoms with van der Waals surface area (Å²) in [6, 6.07) is 7.83. The lowest BCUT2D eigenvalue weighted by molar-refractivity contribution is 0.340. The summed E-state index contributed by atoms with van der Waals surface area (Å²) in [5.41, 5.74) is 1.32. The number of likely N-dealkylation sites (N-methyl/N-ethyl adjacent to an activating group) is 1. The molecule has 1 fully saturated rings. The van der Waals surface area contributed by atoms with E-state index in [0.717, 1.165) is 31.5 Å². The average molecular weight is 219 g/mol. The van der Waals surface area contributed by atoms with Gasteiger partial charge in [0.05, 0.1) is 0 Å². The second-order valence-electron chi connectivity index (χ2n) is 5.04. The Morgan fingerprint density at radius 3 is 2.69 bits per heavy atom. The molecule has 0 saturated carbocycles. The minimum absolute atomic E-state index is 0.175. The third kappa shape index (κ3) is 1.94. The van der Waals surface area contributed by atoms with Crippen molar-refractivity contribution in [1.29, 1.82) is 0 Å². The van der Waals surface area contributed by atoms with E-state index in [1.54, 1.807) is 0 Å². The lowest BCUT2D eigenvalue weighted by Crippen LogP contribution is -2.29. The molecular formula is C14H21NO. The number of nitrogens with zero attached hydrogens (tertiary/aromatic N) is 1. The number of phenolic OH excluding ortho intramolecular Hbond substituents is 1. The number of hydrogen-bond acceptors (Lipinski definition) is 2. The molecule has 0 bridgehead atoms. The van der Waals surface area contributed by atoms with Crippen LogP contribution in [0, 0.1) is 0 Å². The molecule has 1 atom stereocenters. The second kappa shape index (κ2) is 4.46. The first-order valence-corrected chi connectivity index (χ1v) is 6.15. The maximum Gasteiger partial charge on any atom is 0.119 e. The minimum Gasteiger partial charge on any atom is -0.508 e. The van der Waals surface area contributed by atoms with Crippen LogP contribution in [0.5, 0.6) is 5.75 Å². The predicted molar refractivity (Wildman–Crippen MR) is 66.8 cm³/mol. The van der Waals surface area contributed by atoms with Crippen LogP contribution in [-0.2, 0) is 5.41 Å². The third-order valence-corrected chi connectivity index (χ3v) is 3.75. The molecule has 2 rings (SSSR count). The van der Waals surface area contributed by atoms with Gasteiger partial charge in [0, 0.05) is 17.5 Å². The van der Waals surface area contributed by atoms with Crippen LogP contribution in [0.2, 0.25) is 0 Å². The van der Waals surface area contributed by atoms with Gasteiger partial charge in [-0.25, -0.2) is 0 Å². The summed E-state index contributed by atoms with van der Waals surface area (Å²) in [5.74, 6) is 0.464. The van der Waals surface area contributed by atoms with Crippen molar-refractivity contribution in [3.8, 4) is 5.75 Å². The number of hydrogen-bond donors (Lipinski definition) is 1. The van der Waals surface area contributed by atoms with Gasteiger partial charge in [-0.3, -0.25) is 0 Å². The second-order valence-corrected chi connectivity index (χ2v) is 5.04. The van der Waals surface area contributed by atoms with Crippen molar-refractivity contribution in [1.82, 2.24) is 4.90 Å². The lowest BCUT2D eigenvalue weighted by atomic mass is 9.75. The maximum atomic E-state index is 10.0. The summed E-state index contributed by atoms with van der Waals surface area (Å²) in [6.07, 6.45) is 3.49. The number of phenols is 1. The van der Waals surface area contributed by atoms with Crippen LogP contribution in [0.3, 0.4) is 0 Å². The fraction of sp³-hybridized carbons (Fsp3) is 0.571. The topological polar surface area (TPSA) is 23.5 Å². The highest BCUT2D eigenvalue weighted by Crippen LogP contribution is 2.41. The molecular weight excluding hydrogens is 198 g/mol. The van der Waals surface area contributed by atoms with E-state index in [9.17, 15) is 5.11 Å². The zero-order chi connectivity index (χ0) is 11.6. The Morgan fingerprint density at radius 1 is 1.38 bits per heavy atom. The molecule has 1 unspecified atom stereocenters. The van der Waals surface area contributed by atoms with Gasteiger partial charge in [0.25, 0.3) is 0 Å². The van der Waals surface area contributed by atoms with Crippen LogP contribution >= 0.6 is 0 Å². The predicted octanol–water partition coefficient (Wildman–Crippen LogP) is 2.77.